The van der Waals surface area contributed by atoms with Crippen molar-refractivity contribution in [2.75, 3.05) is 6.79 Å². The maximum absolute atomic E-state index is 12.0. The van der Waals surface area contributed by atoms with E-state index in [-0.39, 0.29) is 24.2 Å². The Morgan fingerprint density at radius 2 is 1.95 bits per heavy atom. The molecular formula is C15H20O4. The Bertz CT molecular complexity index is 421. The van der Waals surface area contributed by atoms with Crippen LogP contribution < -0.4 is 0 Å². The second kappa shape index (κ2) is 4.44. The van der Waals surface area contributed by atoms with Gasteiger partial charge in [-0.3, -0.25) is 4.79 Å². The number of Topliss-reactive ketones (excluding diaryl/α,β-unsaturated/α-hetero) is 1. The fourth-order valence-electron chi connectivity index (χ4n) is 4.18. The van der Waals surface area contributed by atoms with Crippen molar-refractivity contribution in [3.05, 3.63) is 12.2 Å². The number of esters is 1. The largest absolute Gasteiger partial charge is 0.435 e. The van der Waals surface area contributed by atoms with Crippen LogP contribution in [0.5, 0.6) is 0 Å². The van der Waals surface area contributed by atoms with E-state index in [2.05, 4.69) is 6.58 Å². The Hall–Kier alpha value is -1.16. The van der Waals surface area contributed by atoms with E-state index in [4.69, 9.17) is 9.47 Å². The van der Waals surface area contributed by atoms with Crippen LogP contribution in [0.1, 0.15) is 39.0 Å². The highest BCUT2D eigenvalue weighted by Crippen LogP contribution is 2.55. The molecule has 4 aliphatic rings. The van der Waals surface area contributed by atoms with Gasteiger partial charge in [-0.15, -0.1) is 0 Å². The van der Waals surface area contributed by atoms with Crippen LogP contribution in [0, 0.1) is 17.8 Å². The lowest BCUT2D eigenvalue weighted by molar-refractivity contribution is -0.207. The number of carbonyl (C=O) groups is 2. The van der Waals surface area contributed by atoms with Gasteiger partial charge in [0.05, 0.1) is 5.60 Å². The smallest absolute Gasteiger partial charge is 0.335 e. The molecule has 4 saturated carbocycles. The molecule has 0 aromatic heterocycles. The van der Waals surface area contributed by atoms with Crippen molar-refractivity contribution in [2.45, 2.75) is 44.6 Å². The predicted octanol–water partition coefficient (Wildman–Crippen LogP) is 2.23. The normalized spacial score (nSPS) is 39.4. The average Bonchev–Trinajstić information content (AvgIpc) is 2.34. The van der Waals surface area contributed by atoms with Gasteiger partial charge in [0.15, 0.2) is 6.79 Å². The number of ether oxygens (including phenoxy) is 2. The molecule has 2 atom stereocenters. The molecule has 0 amide bonds. The summed E-state index contributed by atoms with van der Waals surface area (Å²) in [5.41, 5.74) is 0.157. The summed E-state index contributed by atoms with van der Waals surface area (Å²) >= 11 is 0. The summed E-state index contributed by atoms with van der Waals surface area (Å²) in [5, 5.41) is 0. The van der Waals surface area contributed by atoms with E-state index < -0.39 is 5.97 Å². The highest BCUT2D eigenvalue weighted by molar-refractivity contribution is 5.87. The first-order valence-corrected chi connectivity index (χ1v) is 6.99. The fraction of sp³-hybridized carbons (Fsp3) is 0.733. The van der Waals surface area contributed by atoms with Crippen molar-refractivity contribution in [1.29, 1.82) is 0 Å². The van der Waals surface area contributed by atoms with E-state index in [0.717, 1.165) is 32.1 Å². The van der Waals surface area contributed by atoms with Gasteiger partial charge in [-0.2, -0.15) is 0 Å². The third-order valence-electron chi connectivity index (χ3n) is 4.84. The number of rotatable bonds is 4. The first-order chi connectivity index (χ1) is 8.99. The van der Waals surface area contributed by atoms with E-state index in [1.54, 1.807) is 6.92 Å². The summed E-state index contributed by atoms with van der Waals surface area (Å²) in [7, 11) is 0. The SMILES string of the molecule is C=C(C)C(=O)OCOC12CC3CC(C1)C(=O)C(C3)C2. The fourth-order valence-corrected chi connectivity index (χ4v) is 4.18. The van der Waals surface area contributed by atoms with Gasteiger partial charge in [-0.25, -0.2) is 4.79 Å². The molecule has 0 aliphatic heterocycles. The number of carbonyl (C=O) groups excluding carboxylic acids is 2. The van der Waals surface area contributed by atoms with Crippen molar-refractivity contribution in [2.24, 2.45) is 17.8 Å². The molecule has 4 fully saturated rings. The zero-order valence-corrected chi connectivity index (χ0v) is 11.3. The molecule has 4 rings (SSSR count). The van der Waals surface area contributed by atoms with Gasteiger partial charge in [0.2, 0.25) is 0 Å². The summed E-state index contributed by atoms with van der Waals surface area (Å²) in [6.07, 6.45) is 4.70. The molecule has 0 radical (unpaired) electrons. The minimum atomic E-state index is -0.416. The van der Waals surface area contributed by atoms with Gasteiger partial charge in [0, 0.05) is 17.4 Å². The standard InChI is InChI=1S/C15H20O4/c1-9(2)14(17)18-8-19-15-5-10-3-11(6-15)13(16)12(4-10)7-15/h10-12H,1,3-8H2,2H3. The molecule has 0 spiro atoms. The molecular weight excluding hydrogens is 244 g/mol. The van der Waals surface area contributed by atoms with Crippen LogP contribution in [0.4, 0.5) is 0 Å². The van der Waals surface area contributed by atoms with Gasteiger partial charge in [0.25, 0.3) is 0 Å². The molecule has 0 heterocycles. The Morgan fingerprint density at radius 3 is 2.53 bits per heavy atom. The van der Waals surface area contributed by atoms with Crippen LogP contribution in [-0.2, 0) is 19.1 Å². The summed E-state index contributed by atoms with van der Waals surface area (Å²) in [5.74, 6) is 1.01. The molecule has 19 heavy (non-hydrogen) atoms. The minimum absolute atomic E-state index is 0.0218. The van der Waals surface area contributed by atoms with Gasteiger partial charge < -0.3 is 9.47 Å². The first-order valence-electron chi connectivity index (χ1n) is 6.99. The predicted molar refractivity (Wildman–Crippen MR) is 68.2 cm³/mol. The summed E-state index contributed by atoms with van der Waals surface area (Å²) in [6.45, 7) is 5.13. The molecule has 4 bridgehead atoms. The molecule has 0 N–H and O–H groups in total. The van der Waals surface area contributed by atoms with Crippen molar-refractivity contribution in [3.8, 4) is 0 Å². The zero-order chi connectivity index (χ0) is 13.6. The second-order valence-electron chi connectivity index (χ2n) is 6.40. The van der Waals surface area contributed by atoms with Crippen LogP contribution in [0.2, 0.25) is 0 Å². The van der Waals surface area contributed by atoms with Gasteiger partial charge >= 0.3 is 5.97 Å². The molecule has 104 valence electrons. The highest BCUT2D eigenvalue weighted by atomic mass is 16.7. The third kappa shape index (κ3) is 2.22. The number of hydrogen-bond acceptors (Lipinski definition) is 4. The lowest BCUT2D eigenvalue weighted by atomic mass is 9.53. The first kappa shape index (κ1) is 12.9. The summed E-state index contributed by atoms with van der Waals surface area (Å²) in [6, 6.07) is 0. The molecule has 0 aromatic rings. The van der Waals surface area contributed by atoms with E-state index in [1.807, 2.05) is 0 Å². The lowest BCUT2D eigenvalue weighted by Gasteiger charge is -2.54. The Morgan fingerprint density at radius 1 is 1.32 bits per heavy atom. The second-order valence-corrected chi connectivity index (χ2v) is 6.40. The molecule has 0 saturated heterocycles. The maximum atomic E-state index is 12.0. The molecule has 4 nitrogen and oxygen atoms in total. The van der Waals surface area contributed by atoms with Crippen molar-refractivity contribution in [3.63, 3.8) is 0 Å². The van der Waals surface area contributed by atoms with Crippen LogP contribution in [0.3, 0.4) is 0 Å². The van der Waals surface area contributed by atoms with Gasteiger partial charge in [0.1, 0.15) is 5.78 Å². The van der Waals surface area contributed by atoms with Crippen LogP contribution in [0.15, 0.2) is 12.2 Å². The minimum Gasteiger partial charge on any atom is -0.435 e. The van der Waals surface area contributed by atoms with Crippen molar-refractivity contribution < 1.29 is 19.1 Å². The monoisotopic (exact) mass is 264 g/mol. The van der Waals surface area contributed by atoms with E-state index in [1.165, 1.54) is 0 Å². The third-order valence-corrected chi connectivity index (χ3v) is 4.84. The molecule has 2 unspecified atom stereocenters. The van der Waals surface area contributed by atoms with Crippen LogP contribution >= 0.6 is 0 Å². The van der Waals surface area contributed by atoms with E-state index in [0.29, 0.717) is 17.3 Å². The lowest BCUT2D eigenvalue weighted by Crippen LogP contribution is -2.56. The quantitative estimate of drug-likeness (QED) is 0.444. The Labute approximate surface area is 113 Å². The average molecular weight is 264 g/mol. The summed E-state index contributed by atoms with van der Waals surface area (Å²) < 4.78 is 10.9. The topological polar surface area (TPSA) is 52.6 Å². The molecule has 4 aliphatic carbocycles. The van der Waals surface area contributed by atoms with Crippen LogP contribution in [0.25, 0.3) is 0 Å². The van der Waals surface area contributed by atoms with Gasteiger partial charge in [-0.05, 0) is 44.9 Å². The molecule has 0 aromatic carbocycles. The Balaban J connectivity index is 1.61. The maximum Gasteiger partial charge on any atom is 0.335 e. The van der Waals surface area contributed by atoms with Crippen molar-refractivity contribution in [1.82, 2.24) is 0 Å². The van der Waals surface area contributed by atoms with Crippen molar-refractivity contribution >= 4 is 11.8 Å². The zero-order valence-electron chi connectivity index (χ0n) is 11.3. The highest BCUT2D eigenvalue weighted by Gasteiger charge is 2.55. The molecule has 4 heteroatoms. The summed E-state index contributed by atoms with van der Waals surface area (Å²) in [4.78, 5) is 23.4. The van der Waals surface area contributed by atoms with Gasteiger partial charge in [-0.1, -0.05) is 6.58 Å². The number of ketones is 1. The Kier molecular flexibility index (Phi) is 3.01. The van der Waals surface area contributed by atoms with E-state index in [9.17, 15) is 9.59 Å². The van der Waals surface area contributed by atoms with E-state index >= 15 is 0 Å². The van der Waals surface area contributed by atoms with Crippen LogP contribution in [-0.4, -0.2) is 24.1 Å². The number of hydrogen-bond donors (Lipinski definition) is 0.